The summed E-state index contributed by atoms with van der Waals surface area (Å²) in [5, 5.41) is 8.13. The summed E-state index contributed by atoms with van der Waals surface area (Å²) >= 11 is 6.84. The predicted octanol–water partition coefficient (Wildman–Crippen LogP) is 4.68. The Balaban J connectivity index is 2.19. The Morgan fingerprint density at radius 2 is 1.18 bits per heavy atom. The molecular weight excluding hydrogens is 412 g/mol. The van der Waals surface area contributed by atoms with Crippen molar-refractivity contribution in [1.29, 1.82) is 0 Å². The molecule has 0 fully saturated rings. The predicted molar refractivity (Wildman–Crippen MR) is 96.6 cm³/mol. The first-order valence-electron chi connectivity index (χ1n) is 6.37. The second-order valence-corrected chi connectivity index (χ2v) is 6.09. The third-order valence-corrected chi connectivity index (χ3v) is 3.83. The molecule has 0 saturated heterocycles. The van der Waals surface area contributed by atoms with Crippen molar-refractivity contribution in [3.05, 3.63) is 56.5 Å². The smallest absolute Gasteiger partial charge is 0.127 e. The Morgan fingerprint density at radius 3 is 1.55 bits per heavy atom. The van der Waals surface area contributed by atoms with Crippen LogP contribution in [0, 0.1) is 0 Å². The topological polar surface area (TPSA) is 43.2 Å². The normalized spacial score (nSPS) is 11.3. The summed E-state index contributed by atoms with van der Waals surface area (Å²) in [4.78, 5) is 0. The molecule has 4 nitrogen and oxygen atoms in total. The van der Waals surface area contributed by atoms with Crippen LogP contribution in [-0.4, -0.2) is 26.6 Å². The first-order valence-corrected chi connectivity index (χ1v) is 7.96. The number of hydrogen-bond donors (Lipinski definition) is 0. The Bertz CT molecular complexity index is 654. The molecule has 0 aliphatic heterocycles. The lowest BCUT2D eigenvalue weighted by Crippen LogP contribution is -1.91. The van der Waals surface area contributed by atoms with Gasteiger partial charge in [0.2, 0.25) is 0 Å². The van der Waals surface area contributed by atoms with E-state index in [0.717, 1.165) is 31.6 Å². The van der Waals surface area contributed by atoms with E-state index < -0.39 is 0 Å². The van der Waals surface area contributed by atoms with Gasteiger partial charge in [-0.2, -0.15) is 10.2 Å². The number of hydrogen-bond acceptors (Lipinski definition) is 4. The van der Waals surface area contributed by atoms with Crippen LogP contribution >= 0.6 is 31.9 Å². The summed E-state index contributed by atoms with van der Waals surface area (Å²) in [6.07, 6.45) is 3.29. The Labute approximate surface area is 146 Å². The number of halogens is 2. The number of methoxy groups -OCH3 is 2. The molecular formula is C16H14Br2N2O2. The van der Waals surface area contributed by atoms with E-state index >= 15 is 0 Å². The number of benzene rings is 2. The molecule has 0 spiro atoms. The largest absolute Gasteiger partial charge is 0.496 e. The highest BCUT2D eigenvalue weighted by Crippen LogP contribution is 2.22. The van der Waals surface area contributed by atoms with Gasteiger partial charge < -0.3 is 9.47 Å². The second kappa shape index (κ2) is 8.10. The molecule has 0 aliphatic carbocycles. The molecule has 2 aromatic carbocycles. The molecule has 2 rings (SSSR count). The van der Waals surface area contributed by atoms with E-state index in [1.54, 1.807) is 26.6 Å². The van der Waals surface area contributed by atoms with Gasteiger partial charge in [0.05, 0.1) is 26.6 Å². The van der Waals surface area contributed by atoms with E-state index in [1.165, 1.54) is 0 Å². The Hall–Kier alpha value is -1.66. The fourth-order valence-corrected chi connectivity index (χ4v) is 2.56. The molecule has 0 bridgehead atoms. The molecule has 2 aromatic rings. The van der Waals surface area contributed by atoms with Gasteiger partial charge in [0.1, 0.15) is 11.5 Å². The highest BCUT2D eigenvalue weighted by atomic mass is 79.9. The summed E-state index contributed by atoms with van der Waals surface area (Å²) in [6, 6.07) is 11.4. The molecule has 22 heavy (non-hydrogen) atoms. The standard InChI is InChI=1S/C16H14Br2N2O2/c1-21-15-5-3-13(17)7-11(15)9-19-20-10-12-8-14(18)4-6-16(12)22-2/h3-10H,1-2H3/b19-9-,20-10+. The minimum atomic E-state index is 0.738. The van der Waals surface area contributed by atoms with Crippen molar-refractivity contribution in [1.82, 2.24) is 0 Å². The first kappa shape index (κ1) is 16.7. The van der Waals surface area contributed by atoms with Gasteiger partial charge in [0.25, 0.3) is 0 Å². The molecule has 0 radical (unpaired) electrons. The minimum absolute atomic E-state index is 0.738. The highest BCUT2D eigenvalue weighted by Gasteiger charge is 2.01. The van der Waals surface area contributed by atoms with Crippen LogP contribution in [0.4, 0.5) is 0 Å². The molecule has 0 aromatic heterocycles. The van der Waals surface area contributed by atoms with Gasteiger partial charge in [-0.15, -0.1) is 0 Å². The van der Waals surface area contributed by atoms with Crippen LogP contribution in [0.3, 0.4) is 0 Å². The fourth-order valence-electron chi connectivity index (χ4n) is 1.80. The van der Waals surface area contributed by atoms with Gasteiger partial charge >= 0.3 is 0 Å². The molecule has 0 atom stereocenters. The third kappa shape index (κ3) is 4.42. The summed E-state index contributed by atoms with van der Waals surface area (Å²) < 4.78 is 12.5. The number of ether oxygens (including phenoxy) is 2. The van der Waals surface area contributed by atoms with Gasteiger partial charge in [0.15, 0.2) is 0 Å². The molecule has 0 amide bonds. The van der Waals surface area contributed by atoms with E-state index in [0.29, 0.717) is 0 Å². The quantitative estimate of drug-likeness (QED) is 0.515. The average molecular weight is 426 g/mol. The number of rotatable bonds is 5. The van der Waals surface area contributed by atoms with E-state index in [9.17, 15) is 0 Å². The van der Waals surface area contributed by atoms with Crippen LogP contribution < -0.4 is 9.47 Å². The number of nitrogens with zero attached hydrogens (tertiary/aromatic N) is 2. The lowest BCUT2D eigenvalue weighted by atomic mass is 10.2. The van der Waals surface area contributed by atoms with Crippen LogP contribution in [0.2, 0.25) is 0 Å². The summed E-state index contributed by atoms with van der Waals surface area (Å²) in [5.41, 5.74) is 1.69. The van der Waals surface area contributed by atoms with Crippen molar-refractivity contribution < 1.29 is 9.47 Å². The molecule has 0 unspecified atom stereocenters. The molecule has 6 heteroatoms. The van der Waals surface area contributed by atoms with Crippen LogP contribution in [0.15, 0.2) is 55.5 Å². The molecule has 0 aliphatic rings. The SMILES string of the molecule is COc1ccc(Br)cc1/C=N\N=C\c1cc(Br)ccc1OC. The van der Waals surface area contributed by atoms with Crippen molar-refractivity contribution in [3.63, 3.8) is 0 Å². The monoisotopic (exact) mass is 424 g/mol. The van der Waals surface area contributed by atoms with Gasteiger partial charge in [-0.25, -0.2) is 0 Å². The van der Waals surface area contributed by atoms with Gasteiger partial charge in [-0.1, -0.05) is 31.9 Å². The Morgan fingerprint density at radius 1 is 0.773 bits per heavy atom. The average Bonchev–Trinajstić information content (AvgIpc) is 2.52. The van der Waals surface area contributed by atoms with Crippen molar-refractivity contribution in [2.45, 2.75) is 0 Å². The summed E-state index contributed by atoms with van der Waals surface area (Å²) in [6.45, 7) is 0. The van der Waals surface area contributed by atoms with E-state index in [-0.39, 0.29) is 0 Å². The van der Waals surface area contributed by atoms with Crippen LogP contribution in [0.25, 0.3) is 0 Å². The van der Waals surface area contributed by atoms with E-state index in [4.69, 9.17) is 9.47 Å². The lowest BCUT2D eigenvalue weighted by molar-refractivity contribution is 0.414. The van der Waals surface area contributed by atoms with Crippen molar-refractivity contribution in [2.24, 2.45) is 10.2 Å². The lowest BCUT2D eigenvalue weighted by Gasteiger charge is -2.04. The molecule has 0 N–H and O–H groups in total. The maximum atomic E-state index is 5.28. The zero-order valence-electron chi connectivity index (χ0n) is 12.1. The van der Waals surface area contributed by atoms with E-state index in [1.807, 2.05) is 36.4 Å². The highest BCUT2D eigenvalue weighted by molar-refractivity contribution is 9.10. The second-order valence-electron chi connectivity index (χ2n) is 4.26. The van der Waals surface area contributed by atoms with Gasteiger partial charge in [-0.3, -0.25) is 0 Å². The molecule has 0 heterocycles. The first-order chi connectivity index (χ1) is 10.6. The molecule has 0 saturated carbocycles. The third-order valence-electron chi connectivity index (χ3n) is 2.84. The van der Waals surface area contributed by atoms with Crippen molar-refractivity contribution in [2.75, 3.05) is 14.2 Å². The van der Waals surface area contributed by atoms with Crippen molar-refractivity contribution in [3.8, 4) is 11.5 Å². The Kier molecular flexibility index (Phi) is 6.15. The van der Waals surface area contributed by atoms with E-state index in [2.05, 4.69) is 42.1 Å². The van der Waals surface area contributed by atoms with Crippen LogP contribution in [0.1, 0.15) is 11.1 Å². The van der Waals surface area contributed by atoms with Gasteiger partial charge in [0, 0.05) is 20.1 Å². The maximum absolute atomic E-state index is 5.28. The van der Waals surface area contributed by atoms with Crippen LogP contribution in [-0.2, 0) is 0 Å². The summed E-state index contributed by atoms with van der Waals surface area (Å²) in [5.74, 6) is 1.48. The summed E-state index contributed by atoms with van der Waals surface area (Å²) in [7, 11) is 3.24. The van der Waals surface area contributed by atoms with Crippen molar-refractivity contribution >= 4 is 44.3 Å². The zero-order chi connectivity index (χ0) is 15.9. The minimum Gasteiger partial charge on any atom is -0.496 e. The zero-order valence-corrected chi connectivity index (χ0v) is 15.3. The van der Waals surface area contributed by atoms with Gasteiger partial charge in [-0.05, 0) is 36.4 Å². The fraction of sp³-hybridized carbons (Fsp3) is 0.125. The van der Waals surface area contributed by atoms with Crippen LogP contribution in [0.5, 0.6) is 11.5 Å². The maximum Gasteiger partial charge on any atom is 0.127 e. The molecule has 114 valence electrons.